The van der Waals surface area contributed by atoms with Gasteiger partial charge in [0.25, 0.3) is 0 Å². The third-order valence-corrected chi connectivity index (χ3v) is 3.92. The lowest BCUT2D eigenvalue weighted by Crippen LogP contribution is -1.92. The van der Waals surface area contributed by atoms with Gasteiger partial charge in [-0.05, 0) is 30.3 Å². The second-order valence-corrected chi connectivity index (χ2v) is 5.53. The minimum Gasteiger partial charge on any atom is -0.496 e. The van der Waals surface area contributed by atoms with E-state index in [1.165, 1.54) is 25.3 Å². The minimum atomic E-state index is -0.435. The number of benzene rings is 2. The molecule has 2 aromatic carbocycles. The molecule has 0 aliphatic heterocycles. The molecule has 0 fully saturated rings. The molecule has 0 radical (unpaired) electrons. The Bertz CT molecular complexity index is 889. The van der Waals surface area contributed by atoms with Gasteiger partial charge in [0.2, 0.25) is 0 Å². The highest BCUT2D eigenvalue weighted by molar-refractivity contribution is 6.39. The molecule has 3 rings (SSSR count). The summed E-state index contributed by atoms with van der Waals surface area (Å²) in [4.78, 5) is 14.6. The van der Waals surface area contributed by atoms with E-state index in [2.05, 4.69) is 4.98 Å². The predicted octanol–water partition coefficient (Wildman–Crippen LogP) is 5.10. The van der Waals surface area contributed by atoms with E-state index < -0.39 is 5.82 Å². The summed E-state index contributed by atoms with van der Waals surface area (Å²) in [5.41, 5.74) is 1.81. The molecule has 0 unspecified atom stereocenters. The number of ether oxygens (including phenoxy) is 1. The molecule has 22 heavy (non-hydrogen) atoms. The highest BCUT2D eigenvalue weighted by Crippen LogP contribution is 2.38. The van der Waals surface area contributed by atoms with Crippen LogP contribution in [0.3, 0.4) is 0 Å². The van der Waals surface area contributed by atoms with Crippen molar-refractivity contribution in [2.45, 2.75) is 0 Å². The van der Waals surface area contributed by atoms with Crippen LogP contribution < -0.4 is 4.74 Å². The van der Waals surface area contributed by atoms with Crippen LogP contribution in [0.4, 0.5) is 4.39 Å². The van der Waals surface area contributed by atoms with Crippen molar-refractivity contribution in [3.8, 4) is 17.0 Å². The predicted molar refractivity (Wildman–Crippen MR) is 85.7 cm³/mol. The fraction of sp³-hybridized carbons (Fsp3) is 0.0625. The van der Waals surface area contributed by atoms with Crippen LogP contribution in [0.25, 0.3) is 22.2 Å². The molecule has 0 saturated carbocycles. The number of fused-ring (bicyclic) bond motifs is 1. The van der Waals surface area contributed by atoms with Gasteiger partial charge in [0.05, 0.1) is 17.8 Å². The van der Waals surface area contributed by atoms with Gasteiger partial charge >= 0.3 is 0 Å². The Labute approximate surface area is 135 Å². The van der Waals surface area contributed by atoms with Crippen LogP contribution in [0.1, 0.15) is 10.4 Å². The lowest BCUT2D eigenvalue weighted by molar-refractivity contribution is 0.112. The SMILES string of the molecule is COc1ccc(F)cc1-c1[nH]c2cc(Cl)cc(Cl)c2c1C=O. The zero-order valence-corrected chi connectivity index (χ0v) is 12.9. The normalized spacial score (nSPS) is 10.9. The van der Waals surface area contributed by atoms with Gasteiger partial charge in [0.1, 0.15) is 11.6 Å². The number of hydrogen-bond acceptors (Lipinski definition) is 2. The van der Waals surface area contributed by atoms with Crippen LogP contribution in [0.5, 0.6) is 5.75 Å². The standard InChI is InChI=1S/C16H10Cl2FNO2/c1-22-14-3-2-9(19)6-10(14)16-11(7-21)15-12(18)4-8(17)5-13(15)20-16/h2-7,20H,1H3. The van der Waals surface area contributed by atoms with Gasteiger partial charge in [-0.2, -0.15) is 0 Å². The maximum absolute atomic E-state index is 13.6. The first-order valence-corrected chi connectivity index (χ1v) is 7.10. The Morgan fingerprint density at radius 2 is 2.00 bits per heavy atom. The van der Waals surface area contributed by atoms with Crippen LogP contribution in [0, 0.1) is 5.82 Å². The first-order chi connectivity index (χ1) is 10.5. The summed E-state index contributed by atoms with van der Waals surface area (Å²) < 4.78 is 18.8. The number of aldehydes is 1. The van der Waals surface area contributed by atoms with Crippen LogP contribution in [-0.4, -0.2) is 18.4 Å². The van der Waals surface area contributed by atoms with Crippen molar-refractivity contribution in [1.29, 1.82) is 0 Å². The van der Waals surface area contributed by atoms with Crippen LogP contribution >= 0.6 is 23.2 Å². The molecule has 112 valence electrons. The van der Waals surface area contributed by atoms with E-state index in [1.54, 1.807) is 12.1 Å². The van der Waals surface area contributed by atoms with Crippen LogP contribution in [0.2, 0.25) is 10.0 Å². The van der Waals surface area contributed by atoms with Gasteiger partial charge in [0.15, 0.2) is 6.29 Å². The van der Waals surface area contributed by atoms with Gasteiger partial charge < -0.3 is 9.72 Å². The Hall–Kier alpha value is -2.04. The molecular weight excluding hydrogens is 328 g/mol. The molecule has 3 aromatic rings. The third kappa shape index (κ3) is 2.34. The van der Waals surface area contributed by atoms with Crippen LogP contribution in [0.15, 0.2) is 30.3 Å². The molecule has 1 heterocycles. The summed E-state index contributed by atoms with van der Waals surface area (Å²) in [6.07, 6.45) is 0.679. The summed E-state index contributed by atoms with van der Waals surface area (Å²) in [5, 5.41) is 1.33. The molecule has 0 aliphatic carbocycles. The molecule has 0 spiro atoms. The Kier molecular flexibility index (Phi) is 3.81. The summed E-state index contributed by atoms with van der Waals surface area (Å²) in [6, 6.07) is 7.30. The number of methoxy groups -OCH3 is 1. The largest absolute Gasteiger partial charge is 0.496 e. The highest BCUT2D eigenvalue weighted by Gasteiger charge is 2.19. The monoisotopic (exact) mass is 337 g/mol. The number of aromatic amines is 1. The van der Waals surface area contributed by atoms with Gasteiger partial charge in [0, 0.05) is 27.1 Å². The zero-order chi connectivity index (χ0) is 15.9. The molecule has 0 bridgehead atoms. The Morgan fingerprint density at radius 3 is 2.68 bits per heavy atom. The van der Waals surface area contributed by atoms with E-state index in [1.807, 2.05) is 0 Å². The van der Waals surface area contributed by atoms with E-state index in [9.17, 15) is 9.18 Å². The first kappa shape index (κ1) is 14.9. The van der Waals surface area contributed by atoms with Crippen LogP contribution in [-0.2, 0) is 0 Å². The zero-order valence-electron chi connectivity index (χ0n) is 11.4. The van der Waals surface area contributed by atoms with E-state index in [0.29, 0.717) is 49.8 Å². The number of carbonyl (C=O) groups is 1. The van der Waals surface area contributed by atoms with Crippen molar-refractivity contribution >= 4 is 40.4 Å². The molecular formula is C16H10Cl2FNO2. The molecule has 1 N–H and O–H groups in total. The van der Waals surface area contributed by atoms with E-state index >= 15 is 0 Å². The molecule has 0 aliphatic rings. The number of hydrogen-bond donors (Lipinski definition) is 1. The van der Waals surface area contributed by atoms with E-state index in [-0.39, 0.29) is 0 Å². The maximum Gasteiger partial charge on any atom is 0.152 e. The number of carbonyl (C=O) groups excluding carboxylic acids is 1. The van der Waals surface area contributed by atoms with Crippen molar-refractivity contribution in [2.75, 3.05) is 7.11 Å². The maximum atomic E-state index is 13.6. The van der Waals surface area contributed by atoms with Crippen molar-refractivity contribution < 1.29 is 13.9 Å². The fourth-order valence-electron chi connectivity index (χ4n) is 2.48. The average Bonchev–Trinajstić information content (AvgIpc) is 2.85. The summed E-state index contributed by atoms with van der Waals surface area (Å²) in [7, 11) is 1.48. The molecule has 6 heteroatoms. The second-order valence-electron chi connectivity index (χ2n) is 4.69. The van der Waals surface area contributed by atoms with E-state index in [0.717, 1.165) is 0 Å². The molecule has 0 atom stereocenters. The quantitative estimate of drug-likeness (QED) is 0.675. The third-order valence-electron chi connectivity index (χ3n) is 3.40. The summed E-state index contributed by atoms with van der Waals surface area (Å²) >= 11 is 12.2. The van der Waals surface area contributed by atoms with Crippen molar-refractivity contribution in [2.24, 2.45) is 0 Å². The van der Waals surface area contributed by atoms with Gasteiger partial charge in [-0.3, -0.25) is 4.79 Å². The smallest absolute Gasteiger partial charge is 0.152 e. The first-order valence-electron chi connectivity index (χ1n) is 6.35. The second kappa shape index (κ2) is 5.63. The van der Waals surface area contributed by atoms with E-state index in [4.69, 9.17) is 27.9 Å². The highest BCUT2D eigenvalue weighted by atomic mass is 35.5. The lowest BCUT2D eigenvalue weighted by atomic mass is 10.0. The van der Waals surface area contributed by atoms with Crippen molar-refractivity contribution in [3.63, 3.8) is 0 Å². The van der Waals surface area contributed by atoms with Gasteiger partial charge in [-0.15, -0.1) is 0 Å². The van der Waals surface area contributed by atoms with Gasteiger partial charge in [-0.1, -0.05) is 23.2 Å². The molecule has 0 amide bonds. The number of nitrogens with one attached hydrogen (secondary N) is 1. The fourth-order valence-corrected chi connectivity index (χ4v) is 3.07. The lowest BCUT2D eigenvalue weighted by Gasteiger charge is -2.07. The van der Waals surface area contributed by atoms with Crippen molar-refractivity contribution in [1.82, 2.24) is 4.98 Å². The number of aromatic nitrogens is 1. The topological polar surface area (TPSA) is 42.1 Å². The average molecular weight is 338 g/mol. The number of H-pyrrole nitrogens is 1. The summed E-state index contributed by atoms with van der Waals surface area (Å²) in [6.45, 7) is 0. The van der Waals surface area contributed by atoms with Gasteiger partial charge in [-0.25, -0.2) is 4.39 Å². The number of halogens is 3. The van der Waals surface area contributed by atoms with Crippen molar-refractivity contribution in [3.05, 3.63) is 51.8 Å². The molecule has 1 aromatic heterocycles. The molecule has 3 nitrogen and oxygen atoms in total. The number of rotatable bonds is 3. The summed E-state index contributed by atoms with van der Waals surface area (Å²) in [5.74, 6) is 0.00806. The molecule has 0 saturated heterocycles. The Morgan fingerprint density at radius 1 is 1.23 bits per heavy atom. The Balaban J connectivity index is 2.39. The minimum absolute atomic E-state index is 0.334.